The van der Waals surface area contributed by atoms with Crippen molar-refractivity contribution in [1.82, 2.24) is 10.2 Å². The molecule has 0 aromatic carbocycles. The topological polar surface area (TPSA) is 88.6 Å². The van der Waals surface area contributed by atoms with E-state index in [0.717, 1.165) is 13.1 Å². The molecule has 1 saturated heterocycles. The number of amides is 1. The minimum Gasteiger partial charge on any atom is -0.395 e. The van der Waals surface area contributed by atoms with Gasteiger partial charge in [-0.25, -0.2) is 0 Å². The van der Waals surface area contributed by atoms with Gasteiger partial charge in [-0.1, -0.05) is 6.92 Å². The van der Waals surface area contributed by atoms with Gasteiger partial charge in [-0.15, -0.1) is 0 Å². The fraction of sp³-hybridized carbons (Fsp3) is 0.643. The van der Waals surface area contributed by atoms with Crippen molar-refractivity contribution in [2.24, 2.45) is 5.92 Å². The predicted molar refractivity (Wildman–Crippen MR) is 77.1 cm³/mol. The number of nitro groups is 1. The molecule has 116 valence electrons. The molecule has 0 unspecified atom stereocenters. The number of nitrogens with one attached hydrogen (secondary N) is 1. The van der Waals surface area contributed by atoms with Crippen molar-refractivity contribution in [3.63, 3.8) is 0 Å². The van der Waals surface area contributed by atoms with Crippen molar-refractivity contribution in [2.45, 2.75) is 32.7 Å². The lowest BCUT2D eigenvalue weighted by Crippen LogP contribution is -2.46. The zero-order valence-electron chi connectivity index (χ0n) is 12.4. The van der Waals surface area contributed by atoms with Gasteiger partial charge in [0.15, 0.2) is 5.76 Å². The SMILES string of the molecule is C[C@H]1CCCN([C@@H](C)CNC(=O)c2ccc([N+](=O)[O-])o2)C1. The van der Waals surface area contributed by atoms with Crippen LogP contribution in [0.5, 0.6) is 0 Å². The second kappa shape index (κ2) is 6.71. The summed E-state index contributed by atoms with van der Waals surface area (Å²) >= 11 is 0. The van der Waals surface area contributed by atoms with E-state index < -0.39 is 16.7 Å². The van der Waals surface area contributed by atoms with Gasteiger partial charge >= 0.3 is 5.88 Å². The molecule has 1 aromatic heterocycles. The summed E-state index contributed by atoms with van der Waals surface area (Å²) in [7, 11) is 0. The van der Waals surface area contributed by atoms with Crippen LogP contribution in [0.25, 0.3) is 0 Å². The molecular formula is C14H21N3O4. The first-order chi connectivity index (χ1) is 9.97. The van der Waals surface area contributed by atoms with E-state index >= 15 is 0 Å². The average Bonchev–Trinajstić information content (AvgIpc) is 2.94. The molecule has 7 nitrogen and oxygen atoms in total. The third kappa shape index (κ3) is 4.04. The van der Waals surface area contributed by atoms with E-state index in [4.69, 9.17) is 4.42 Å². The van der Waals surface area contributed by atoms with Crippen LogP contribution >= 0.6 is 0 Å². The number of piperidine rings is 1. The van der Waals surface area contributed by atoms with Gasteiger partial charge in [-0.2, -0.15) is 0 Å². The molecule has 1 aliphatic rings. The average molecular weight is 295 g/mol. The maximum absolute atomic E-state index is 11.9. The highest BCUT2D eigenvalue weighted by Crippen LogP contribution is 2.18. The van der Waals surface area contributed by atoms with Gasteiger partial charge in [0.05, 0.1) is 6.07 Å². The molecule has 7 heteroatoms. The lowest BCUT2D eigenvalue weighted by atomic mass is 9.99. The van der Waals surface area contributed by atoms with Gasteiger partial charge in [0, 0.05) is 19.1 Å². The van der Waals surface area contributed by atoms with E-state index in [2.05, 4.69) is 24.1 Å². The molecule has 2 atom stereocenters. The van der Waals surface area contributed by atoms with E-state index in [1.807, 2.05) is 0 Å². The maximum Gasteiger partial charge on any atom is 0.433 e. The highest BCUT2D eigenvalue weighted by atomic mass is 16.6. The Balaban J connectivity index is 1.83. The fourth-order valence-electron chi connectivity index (χ4n) is 2.63. The molecule has 0 aliphatic carbocycles. The first-order valence-corrected chi connectivity index (χ1v) is 7.24. The molecule has 2 heterocycles. The quantitative estimate of drug-likeness (QED) is 0.663. The van der Waals surface area contributed by atoms with E-state index in [9.17, 15) is 14.9 Å². The van der Waals surface area contributed by atoms with Crippen LogP contribution in [0.2, 0.25) is 0 Å². The van der Waals surface area contributed by atoms with Crippen LogP contribution in [-0.2, 0) is 0 Å². The summed E-state index contributed by atoms with van der Waals surface area (Å²) in [5.41, 5.74) is 0. The lowest BCUT2D eigenvalue weighted by molar-refractivity contribution is -0.402. The Morgan fingerprint density at radius 3 is 3.00 bits per heavy atom. The van der Waals surface area contributed by atoms with E-state index in [-0.39, 0.29) is 11.8 Å². The number of carbonyl (C=O) groups is 1. The van der Waals surface area contributed by atoms with Gasteiger partial charge in [0.1, 0.15) is 4.92 Å². The summed E-state index contributed by atoms with van der Waals surface area (Å²) in [6.45, 7) is 6.90. The normalized spacial score (nSPS) is 21.0. The summed E-state index contributed by atoms with van der Waals surface area (Å²) in [5, 5.41) is 13.3. The van der Waals surface area contributed by atoms with Gasteiger partial charge in [-0.3, -0.25) is 19.8 Å². The first kappa shape index (κ1) is 15.5. The Hall–Kier alpha value is -1.89. The highest BCUT2D eigenvalue weighted by molar-refractivity contribution is 5.91. The Bertz CT molecular complexity index is 514. The molecule has 1 N–H and O–H groups in total. The second-order valence-electron chi connectivity index (χ2n) is 5.70. The van der Waals surface area contributed by atoms with Crippen molar-refractivity contribution >= 4 is 11.8 Å². The molecule has 1 amide bonds. The number of hydrogen-bond acceptors (Lipinski definition) is 5. The first-order valence-electron chi connectivity index (χ1n) is 7.24. The molecule has 2 rings (SSSR count). The third-order valence-electron chi connectivity index (χ3n) is 3.87. The smallest absolute Gasteiger partial charge is 0.395 e. The fourth-order valence-corrected chi connectivity index (χ4v) is 2.63. The molecule has 1 aromatic rings. The van der Waals surface area contributed by atoms with Gasteiger partial charge in [0.2, 0.25) is 0 Å². The van der Waals surface area contributed by atoms with E-state index in [1.54, 1.807) is 0 Å². The Morgan fingerprint density at radius 2 is 2.38 bits per heavy atom. The monoisotopic (exact) mass is 295 g/mol. The molecule has 1 aliphatic heterocycles. The summed E-state index contributed by atoms with van der Waals surface area (Å²) in [4.78, 5) is 24.1. The molecule has 0 saturated carbocycles. The zero-order chi connectivity index (χ0) is 15.4. The van der Waals surface area contributed by atoms with Crippen LogP contribution in [0, 0.1) is 16.0 Å². The largest absolute Gasteiger partial charge is 0.433 e. The van der Waals surface area contributed by atoms with Crippen LogP contribution in [-0.4, -0.2) is 41.4 Å². The van der Waals surface area contributed by atoms with Gasteiger partial charge in [0.25, 0.3) is 5.91 Å². The summed E-state index contributed by atoms with van der Waals surface area (Å²) in [5.74, 6) is -0.177. The highest BCUT2D eigenvalue weighted by Gasteiger charge is 2.22. The number of nitrogens with zero attached hydrogens (tertiary/aromatic N) is 2. The molecular weight excluding hydrogens is 274 g/mol. The number of rotatable bonds is 5. The standard InChI is InChI=1S/C14H21N3O4/c1-10-4-3-7-16(9-10)11(2)8-15-14(18)12-5-6-13(21-12)17(19)20/h5-6,10-11H,3-4,7-9H2,1-2H3,(H,15,18)/t10-,11-/m0/s1. The Kier molecular flexibility index (Phi) is 4.95. The molecule has 0 radical (unpaired) electrons. The van der Waals surface area contributed by atoms with Crippen molar-refractivity contribution in [3.8, 4) is 0 Å². The summed E-state index contributed by atoms with van der Waals surface area (Å²) < 4.78 is 4.88. The van der Waals surface area contributed by atoms with E-state index in [0.29, 0.717) is 12.5 Å². The van der Waals surface area contributed by atoms with Crippen molar-refractivity contribution in [1.29, 1.82) is 0 Å². The van der Waals surface area contributed by atoms with Crippen LogP contribution in [0.15, 0.2) is 16.5 Å². The van der Waals surface area contributed by atoms with Crippen LogP contribution in [0.4, 0.5) is 5.88 Å². The molecule has 21 heavy (non-hydrogen) atoms. The Morgan fingerprint density at radius 1 is 1.62 bits per heavy atom. The predicted octanol–water partition coefficient (Wildman–Crippen LogP) is 2.04. The maximum atomic E-state index is 11.9. The van der Waals surface area contributed by atoms with Crippen LogP contribution in [0.1, 0.15) is 37.2 Å². The van der Waals surface area contributed by atoms with Crippen molar-refractivity contribution < 1.29 is 14.1 Å². The number of likely N-dealkylation sites (tertiary alicyclic amines) is 1. The zero-order valence-corrected chi connectivity index (χ0v) is 12.4. The number of furan rings is 1. The van der Waals surface area contributed by atoms with Crippen molar-refractivity contribution in [2.75, 3.05) is 19.6 Å². The number of hydrogen-bond donors (Lipinski definition) is 1. The summed E-state index contributed by atoms with van der Waals surface area (Å²) in [6, 6.07) is 2.74. The van der Waals surface area contributed by atoms with Gasteiger partial charge in [-0.05, 0) is 38.3 Å². The number of carbonyl (C=O) groups excluding carboxylic acids is 1. The second-order valence-corrected chi connectivity index (χ2v) is 5.70. The summed E-state index contributed by atoms with van der Waals surface area (Å²) in [6.07, 6.45) is 2.44. The lowest BCUT2D eigenvalue weighted by Gasteiger charge is -2.35. The molecule has 0 bridgehead atoms. The van der Waals surface area contributed by atoms with Crippen LogP contribution < -0.4 is 5.32 Å². The van der Waals surface area contributed by atoms with Crippen LogP contribution in [0.3, 0.4) is 0 Å². The minimum absolute atomic E-state index is 0.0269. The molecule has 1 fully saturated rings. The van der Waals surface area contributed by atoms with Crippen molar-refractivity contribution in [3.05, 3.63) is 28.0 Å². The Labute approximate surface area is 123 Å². The minimum atomic E-state index is -0.658. The molecule has 0 spiro atoms. The third-order valence-corrected chi connectivity index (χ3v) is 3.87. The van der Waals surface area contributed by atoms with Gasteiger partial charge < -0.3 is 9.73 Å². The van der Waals surface area contributed by atoms with E-state index in [1.165, 1.54) is 25.0 Å².